The molecule has 0 saturated carbocycles. The third kappa shape index (κ3) is 2.35. The summed E-state index contributed by atoms with van der Waals surface area (Å²) in [6, 6.07) is 8.17. The minimum Gasteiger partial charge on any atom is -0.317 e. The second-order valence-corrected chi connectivity index (χ2v) is 5.55. The SMILES string of the molecule is Brc1ccccc1-n1cc(C2CCNCC2)cn1. The number of hydrogen-bond donors (Lipinski definition) is 1. The zero-order valence-corrected chi connectivity index (χ0v) is 11.7. The molecule has 1 aliphatic heterocycles. The molecule has 18 heavy (non-hydrogen) atoms. The number of piperidine rings is 1. The van der Waals surface area contributed by atoms with Crippen LogP contribution in [0.1, 0.15) is 24.3 Å². The van der Waals surface area contributed by atoms with E-state index in [0.29, 0.717) is 5.92 Å². The largest absolute Gasteiger partial charge is 0.317 e. The molecule has 1 aliphatic rings. The van der Waals surface area contributed by atoms with E-state index in [-0.39, 0.29) is 0 Å². The van der Waals surface area contributed by atoms with Crippen LogP contribution < -0.4 is 5.32 Å². The summed E-state index contributed by atoms with van der Waals surface area (Å²) < 4.78 is 3.03. The molecular weight excluding hydrogens is 290 g/mol. The highest BCUT2D eigenvalue weighted by Crippen LogP contribution is 2.26. The molecule has 0 bridgehead atoms. The Labute approximate surface area is 115 Å². The maximum atomic E-state index is 4.49. The van der Waals surface area contributed by atoms with Crippen molar-refractivity contribution in [2.45, 2.75) is 18.8 Å². The fourth-order valence-electron chi connectivity index (χ4n) is 2.47. The number of halogens is 1. The first kappa shape index (κ1) is 11.9. The maximum Gasteiger partial charge on any atom is 0.0787 e. The monoisotopic (exact) mass is 305 g/mol. The van der Waals surface area contributed by atoms with Crippen molar-refractivity contribution >= 4 is 15.9 Å². The number of benzene rings is 1. The molecular formula is C14H16BrN3. The van der Waals surface area contributed by atoms with Gasteiger partial charge in [0.1, 0.15) is 0 Å². The minimum atomic E-state index is 0.655. The van der Waals surface area contributed by atoms with Gasteiger partial charge in [-0.25, -0.2) is 4.68 Å². The molecule has 2 aromatic rings. The van der Waals surface area contributed by atoms with Crippen molar-refractivity contribution in [3.05, 3.63) is 46.7 Å². The van der Waals surface area contributed by atoms with Gasteiger partial charge in [-0.15, -0.1) is 0 Å². The van der Waals surface area contributed by atoms with Crippen molar-refractivity contribution in [3.8, 4) is 5.69 Å². The molecule has 0 atom stereocenters. The van der Waals surface area contributed by atoms with Crippen LogP contribution >= 0.6 is 15.9 Å². The highest BCUT2D eigenvalue weighted by atomic mass is 79.9. The standard InChI is InChI=1S/C14H16BrN3/c15-13-3-1-2-4-14(13)18-10-12(9-17-18)11-5-7-16-8-6-11/h1-4,9-11,16H,5-8H2. The van der Waals surface area contributed by atoms with Crippen molar-refractivity contribution in [1.29, 1.82) is 0 Å². The van der Waals surface area contributed by atoms with Gasteiger partial charge < -0.3 is 5.32 Å². The quantitative estimate of drug-likeness (QED) is 0.924. The van der Waals surface area contributed by atoms with Gasteiger partial charge in [0, 0.05) is 10.7 Å². The fraction of sp³-hybridized carbons (Fsp3) is 0.357. The van der Waals surface area contributed by atoms with E-state index in [1.54, 1.807) is 0 Å². The lowest BCUT2D eigenvalue weighted by atomic mass is 9.93. The van der Waals surface area contributed by atoms with Crippen molar-refractivity contribution < 1.29 is 0 Å². The van der Waals surface area contributed by atoms with E-state index >= 15 is 0 Å². The van der Waals surface area contributed by atoms with Crippen LogP contribution in [0.4, 0.5) is 0 Å². The summed E-state index contributed by atoms with van der Waals surface area (Å²) in [6.07, 6.45) is 6.59. The van der Waals surface area contributed by atoms with Crippen LogP contribution in [0.15, 0.2) is 41.1 Å². The fourth-order valence-corrected chi connectivity index (χ4v) is 2.94. The molecule has 1 saturated heterocycles. The lowest BCUT2D eigenvalue weighted by molar-refractivity contribution is 0.460. The summed E-state index contributed by atoms with van der Waals surface area (Å²) in [5, 5.41) is 7.89. The number of rotatable bonds is 2. The Bertz CT molecular complexity index is 529. The molecule has 1 fully saturated rings. The molecule has 0 aliphatic carbocycles. The van der Waals surface area contributed by atoms with Gasteiger partial charge in [-0.1, -0.05) is 12.1 Å². The Kier molecular flexibility index (Phi) is 3.48. The van der Waals surface area contributed by atoms with E-state index in [1.807, 2.05) is 29.1 Å². The number of para-hydroxylation sites is 1. The third-order valence-corrected chi connectivity index (χ3v) is 4.18. The summed E-state index contributed by atoms with van der Waals surface area (Å²) in [5.74, 6) is 0.655. The van der Waals surface area contributed by atoms with Gasteiger partial charge in [0.2, 0.25) is 0 Å². The van der Waals surface area contributed by atoms with Crippen LogP contribution in [0.3, 0.4) is 0 Å². The number of aromatic nitrogens is 2. The lowest BCUT2D eigenvalue weighted by Crippen LogP contribution is -2.26. The molecule has 3 nitrogen and oxygen atoms in total. The summed E-state index contributed by atoms with van der Waals surface area (Å²) >= 11 is 3.57. The average Bonchev–Trinajstić information content (AvgIpc) is 2.90. The van der Waals surface area contributed by atoms with Crippen LogP contribution in [0, 0.1) is 0 Å². The average molecular weight is 306 g/mol. The summed E-state index contributed by atoms with van der Waals surface area (Å²) in [7, 11) is 0. The second-order valence-electron chi connectivity index (χ2n) is 4.69. The lowest BCUT2D eigenvalue weighted by Gasteiger charge is -2.21. The van der Waals surface area contributed by atoms with Gasteiger partial charge in [-0.05, 0) is 65.5 Å². The van der Waals surface area contributed by atoms with Crippen molar-refractivity contribution in [3.63, 3.8) is 0 Å². The first-order chi connectivity index (χ1) is 8.84. The molecule has 1 aromatic carbocycles. The first-order valence-electron chi connectivity index (χ1n) is 6.35. The first-order valence-corrected chi connectivity index (χ1v) is 7.14. The molecule has 2 heterocycles. The topological polar surface area (TPSA) is 29.9 Å². The highest BCUT2D eigenvalue weighted by molar-refractivity contribution is 9.10. The zero-order valence-electron chi connectivity index (χ0n) is 10.1. The van der Waals surface area contributed by atoms with Crippen LogP contribution in [0.5, 0.6) is 0 Å². The Morgan fingerprint density at radius 2 is 2.00 bits per heavy atom. The Morgan fingerprint density at radius 3 is 2.78 bits per heavy atom. The van der Waals surface area contributed by atoms with Crippen molar-refractivity contribution in [1.82, 2.24) is 15.1 Å². The Balaban J connectivity index is 1.87. The molecule has 94 valence electrons. The molecule has 1 N–H and O–H groups in total. The van der Waals surface area contributed by atoms with Crippen molar-refractivity contribution in [2.75, 3.05) is 13.1 Å². The van der Waals surface area contributed by atoms with Gasteiger partial charge in [0.05, 0.1) is 11.9 Å². The van der Waals surface area contributed by atoms with Crippen LogP contribution in [-0.4, -0.2) is 22.9 Å². The molecule has 0 radical (unpaired) electrons. The van der Waals surface area contributed by atoms with Gasteiger partial charge in [-0.2, -0.15) is 5.10 Å². The molecule has 4 heteroatoms. The van der Waals surface area contributed by atoms with Crippen LogP contribution in [0.25, 0.3) is 5.69 Å². The van der Waals surface area contributed by atoms with E-state index in [4.69, 9.17) is 0 Å². The molecule has 0 unspecified atom stereocenters. The van der Waals surface area contributed by atoms with E-state index in [1.165, 1.54) is 18.4 Å². The predicted molar refractivity (Wildman–Crippen MR) is 76.1 cm³/mol. The third-order valence-electron chi connectivity index (χ3n) is 3.51. The van der Waals surface area contributed by atoms with Gasteiger partial charge in [0.25, 0.3) is 0 Å². The van der Waals surface area contributed by atoms with Crippen LogP contribution in [0.2, 0.25) is 0 Å². The number of hydrogen-bond acceptors (Lipinski definition) is 2. The van der Waals surface area contributed by atoms with Crippen LogP contribution in [-0.2, 0) is 0 Å². The maximum absolute atomic E-state index is 4.49. The summed E-state index contributed by atoms with van der Waals surface area (Å²) in [4.78, 5) is 0. The molecule has 3 rings (SSSR count). The summed E-state index contributed by atoms with van der Waals surface area (Å²) in [5.41, 5.74) is 2.45. The predicted octanol–water partition coefficient (Wildman–Crippen LogP) is 3.10. The van der Waals surface area contributed by atoms with Gasteiger partial charge >= 0.3 is 0 Å². The number of nitrogens with one attached hydrogen (secondary N) is 1. The van der Waals surface area contributed by atoms with E-state index in [9.17, 15) is 0 Å². The minimum absolute atomic E-state index is 0.655. The zero-order chi connectivity index (χ0) is 12.4. The van der Waals surface area contributed by atoms with E-state index in [2.05, 4.69) is 38.6 Å². The molecule has 0 amide bonds. The highest BCUT2D eigenvalue weighted by Gasteiger charge is 2.17. The normalized spacial score (nSPS) is 16.9. The molecule has 0 spiro atoms. The van der Waals surface area contributed by atoms with Gasteiger partial charge in [0.15, 0.2) is 0 Å². The second kappa shape index (κ2) is 5.24. The smallest absolute Gasteiger partial charge is 0.0787 e. The van der Waals surface area contributed by atoms with E-state index < -0.39 is 0 Å². The van der Waals surface area contributed by atoms with Gasteiger partial charge in [-0.3, -0.25) is 0 Å². The van der Waals surface area contributed by atoms with Crippen molar-refractivity contribution in [2.24, 2.45) is 0 Å². The Morgan fingerprint density at radius 1 is 1.22 bits per heavy atom. The van der Waals surface area contributed by atoms with E-state index in [0.717, 1.165) is 23.2 Å². The number of nitrogens with zero attached hydrogens (tertiary/aromatic N) is 2. The Hall–Kier alpha value is -1.13. The molecule has 1 aromatic heterocycles. The summed E-state index contributed by atoms with van der Waals surface area (Å²) in [6.45, 7) is 2.23.